The van der Waals surface area contributed by atoms with E-state index in [0.717, 1.165) is 25.3 Å². The van der Waals surface area contributed by atoms with Gasteiger partial charge in [0, 0.05) is 19.0 Å². The molecule has 0 spiro atoms. The van der Waals surface area contributed by atoms with E-state index in [0.29, 0.717) is 11.8 Å². The van der Waals surface area contributed by atoms with Gasteiger partial charge in [0.2, 0.25) is 0 Å². The summed E-state index contributed by atoms with van der Waals surface area (Å²) in [5.41, 5.74) is 1.20. The van der Waals surface area contributed by atoms with E-state index in [1.807, 2.05) is 16.4 Å². The molecule has 8 heteroatoms. The van der Waals surface area contributed by atoms with Gasteiger partial charge in [0.05, 0.1) is 25.2 Å². The minimum absolute atomic E-state index is 0.0805. The summed E-state index contributed by atoms with van der Waals surface area (Å²) in [6.07, 6.45) is 0. The Morgan fingerprint density at radius 3 is 2.57 bits per heavy atom. The monoisotopic (exact) mass is 337 g/mol. The summed E-state index contributed by atoms with van der Waals surface area (Å²) in [6.45, 7) is 5.30. The molecule has 0 amide bonds. The third-order valence-corrected chi connectivity index (χ3v) is 6.90. The van der Waals surface area contributed by atoms with Gasteiger partial charge >= 0.3 is 11.9 Å². The maximum Gasteiger partial charge on any atom is 0.359 e. The molecule has 124 valence electrons. The van der Waals surface area contributed by atoms with Crippen molar-refractivity contribution in [3.05, 3.63) is 17.0 Å². The predicted octanol–water partition coefficient (Wildman–Crippen LogP) is 1.32. The lowest BCUT2D eigenvalue weighted by Gasteiger charge is -2.23. The molecule has 0 radical (unpaired) electrons. The Labute approximate surface area is 138 Å². The highest BCUT2D eigenvalue weighted by Gasteiger charge is 2.58. The summed E-state index contributed by atoms with van der Waals surface area (Å²) < 4.78 is 11.6. The maximum atomic E-state index is 12.3. The highest BCUT2D eigenvalue weighted by molar-refractivity contribution is 8.00. The highest BCUT2D eigenvalue weighted by Crippen LogP contribution is 2.65. The Morgan fingerprint density at radius 1 is 1.22 bits per heavy atom. The molecule has 2 bridgehead atoms. The van der Waals surface area contributed by atoms with Crippen molar-refractivity contribution in [2.24, 2.45) is 11.8 Å². The lowest BCUT2D eigenvalue weighted by Crippen LogP contribution is -2.25. The summed E-state index contributed by atoms with van der Waals surface area (Å²) in [5, 5.41) is 4.82. The third-order valence-electron chi connectivity index (χ3n) is 5.20. The van der Waals surface area contributed by atoms with Crippen LogP contribution in [0.4, 0.5) is 0 Å². The van der Waals surface area contributed by atoms with Crippen molar-refractivity contribution >= 4 is 23.7 Å². The number of ether oxygens (including phenoxy) is 2. The molecule has 2 saturated heterocycles. The highest BCUT2D eigenvalue weighted by atomic mass is 32.2. The van der Waals surface area contributed by atoms with Crippen LogP contribution in [0.25, 0.3) is 0 Å². The topological polar surface area (TPSA) is 73.7 Å². The van der Waals surface area contributed by atoms with Crippen molar-refractivity contribution in [3.63, 3.8) is 0 Å². The van der Waals surface area contributed by atoms with E-state index in [1.54, 1.807) is 0 Å². The quantitative estimate of drug-likeness (QED) is 0.770. The second-order valence-electron chi connectivity index (χ2n) is 6.16. The van der Waals surface area contributed by atoms with Crippen LogP contribution >= 0.6 is 11.8 Å². The number of carbonyl (C=O) groups excluding carboxylic acids is 2. The molecule has 4 atom stereocenters. The largest absolute Gasteiger partial charge is 0.465 e. The van der Waals surface area contributed by atoms with Crippen molar-refractivity contribution in [1.82, 2.24) is 14.7 Å². The zero-order chi connectivity index (χ0) is 16.3. The molecule has 4 rings (SSSR count). The first-order valence-corrected chi connectivity index (χ1v) is 8.71. The standard InChI is InChI=1S/C15H19N3O4S/c1-4-17-5-7-8(6-17)13-18-11(12(7)23-13)9(14(19)21-2)10(16-18)15(20)22-3/h7-8,12-13H,4-6H2,1-3H3/t7-,8+,12-,13+/m1/s1. The van der Waals surface area contributed by atoms with Crippen LogP contribution in [0.15, 0.2) is 0 Å². The van der Waals surface area contributed by atoms with Gasteiger partial charge in [-0.05, 0) is 12.5 Å². The first-order chi connectivity index (χ1) is 11.1. The van der Waals surface area contributed by atoms with Crippen LogP contribution in [0.1, 0.15) is 44.1 Å². The molecule has 0 N–H and O–H groups in total. The number of aromatic nitrogens is 2. The fourth-order valence-corrected chi connectivity index (χ4v) is 6.05. The van der Waals surface area contributed by atoms with E-state index in [4.69, 9.17) is 9.47 Å². The zero-order valence-electron chi connectivity index (χ0n) is 13.3. The Morgan fingerprint density at radius 2 is 1.91 bits per heavy atom. The maximum absolute atomic E-state index is 12.3. The Kier molecular flexibility index (Phi) is 3.42. The molecule has 7 nitrogen and oxygen atoms in total. The Balaban J connectivity index is 1.80. The SMILES string of the molecule is CCN1C[C@@H]2[C@H](C1)[C@@H]1S[C@H]2c2c(C(=O)OC)c(C(=O)OC)nn21. The predicted molar refractivity (Wildman–Crippen MR) is 83.4 cm³/mol. The first kappa shape index (κ1) is 15.0. The van der Waals surface area contributed by atoms with Gasteiger partial charge < -0.3 is 14.4 Å². The third kappa shape index (κ3) is 1.91. The van der Waals surface area contributed by atoms with Gasteiger partial charge in [-0.3, -0.25) is 4.68 Å². The molecule has 0 saturated carbocycles. The number of carbonyl (C=O) groups is 2. The van der Waals surface area contributed by atoms with Gasteiger partial charge in [-0.1, -0.05) is 6.92 Å². The average molecular weight is 337 g/mol. The lowest BCUT2D eigenvalue weighted by molar-refractivity contribution is 0.0551. The van der Waals surface area contributed by atoms with Crippen molar-refractivity contribution in [1.29, 1.82) is 0 Å². The number of esters is 2. The van der Waals surface area contributed by atoms with Crippen LogP contribution in [0, 0.1) is 11.8 Å². The minimum atomic E-state index is -0.586. The van der Waals surface area contributed by atoms with Crippen LogP contribution in [-0.2, 0) is 9.47 Å². The number of hydrogen-bond donors (Lipinski definition) is 0. The summed E-state index contributed by atoms with van der Waals surface area (Å²) in [6, 6.07) is 0. The number of nitrogens with zero attached hydrogens (tertiary/aromatic N) is 3. The first-order valence-electron chi connectivity index (χ1n) is 7.77. The summed E-state index contributed by atoms with van der Waals surface area (Å²) >= 11 is 1.86. The van der Waals surface area contributed by atoms with Crippen LogP contribution in [0.5, 0.6) is 0 Å². The van der Waals surface area contributed by atoms with Crippen LogP contribution < -0.4 is 0 Å². The molecular formula is C15H19N3O4S. The molecule has 4 heterocycles. The molecule has 0 aliphatic carbocycles. The number of likely N-dealkylation sites (tertiary alicyclic amines) is 1. The fourth-order valence-electron chi connectivity index (χ4n) is 4.14. The summed E-state index contributed by atoms with van der Waals surface area (Å²) in [5.74, 6) is -0.0739. The van der Waals surface area contributed by atoms with Gasteiger partial charge in [-0.15, -0.1) is 11.8 Å². The number of thioether (sulfide) groups is 1. The Hall–Kier alpha value is -1.54. The van der Waals surface area contributed by atoms with Crippen molar-refractivity contribution < 1.29 is 19.1 Å². The zero-order valence-corrected chi connectivity index (χ0v) is 14.1. The van der Waals surface area contributed by atoms with Gasteiger partial charge in [-0.25, -0.2) is 9.59 Å². The molecule has 0 unspecified atom stereocenters. The van der Waals surface area contributed by atoms with E-state index in [-0.39, 0.29) is 21.9 Å². The number of methoxy groups -OCH3 is 2. The van der Waals surface area contributed by atoms with E-state index < -0.39 is 11.9 Å². The van der Waals surface area contributed by atoms with Crippen LogP contribution in [0.3, 0.4) is 0 Å². The van der Waals surface area contributed by atoms with Crippen molar-refractivity contribution in [2.45, 2.75) is 17.5 Å². The summed E-state index contributed by atoms with van der Waals surface area (Å²) in [4.78, 5) is 26.7. The fraction of sp³-hybridized carbons (Fsp3) is 0.667. The van der Waals surface area contributed by atoms with Gasteiger partial charge in [0.1, 0.15) is 10.9 Å². The van der Waals surface area contributed by atoms with Crippen molar-refractivity contribution in [3.8, 4) is 0 Å². The van der Waals surface area contributed by atoms with Gasteiger partial charge in [0.25, 0.3) is 0 Å². The Bertz CT molecular complexity index is 689. The molecule has 3 aliphatic rings. The van der Waals surface area contributed by atoms with Gasteiger partial charge in [0.15, 0.2) is 5.69 Å². The van der Waals surface area contributed by atoms with E-state index in [9.17, 15) is 9.59 Å². The number of hydrogen-bond acceptors (Lipinski definition) is 7. The summed E-state index contributed by atoms with van der Waals surface area (Å²) in [7, 11) is 2.62. The number of rotatable bonds is 3. The smallest absolute Gasteiger partial charge is 0.359 e. The van der Waals surface area contributed by atoms with E-state index >= 15 is 0 Å². The molecular weight excluding hydrogens is 318 g/mol. The van der Waals surface area contributed by atoms with Gasteiger partial charge in [-0.2, -0.15) is 5.10 Å². The van der Waals surface area contributed by atoms with E-state index in [2.05, 4.69) is 16.9 Å². The molecule has 1 aromatic rings. The molecule has 0 aromatic carbocycles. The van der Waals surface area contributed by atoms with Crippen molar-refractivity contribution in [2.75, 3.05) is 33.9 Å². The van der Waals surface area contributed by atoms with Crippen LogP contribution in [0.2, 0.25) is 0 Å². The molecule has 1 aromatic heterocycles. The average Bonchev–Trinajstić information content (AvgIpc) is 3.28. The molecule has 2 fully saturated rings. The lowest BCUT2D eigenvalue weighted by atomic mass is 9.87. The second-order valence-corrected chi connectivity index (χ2v) is 7.43. The number of fused-ring (bicyclic) bond motifs is 8. The minimum Gasteiger partial charge on any atom is -0.465 e. The van der Waals surface area contributed by atoms with E-state index in [1.165, 1.54) is 14.2 Å². The molecule has 3 aliphatic heterocycles. The van der Waals surface area contributed by atoms with Crippen LogP contribution in [-0.4, -0.2) is 60.5 Å². The normalized spacial score (nSPS) is 31.1. The second kappa shape index (κ2) is 5.24. The molecule has 23 heavy (non-hydrogen) atoms.